The quantitative estimate of drug-likeness (QED) is 0.382. The fourth-order valence-electron chi connectivity index (χ4n) is 10.4. The molecule has 0 bridgehead atoms. The van der Waals surface area contributed by atoms with Gasteiger partial charge in [0, 0.05) is 0 Å². The largest absolute Gasteiger partial charge is 0.0619 e. The van der Waals surface area contributed by atoms with Crippen LogP contribution in [0.5, 0.6) is 0 Å². The van der Waals surface area contributed by atoms with Crippen LogP contribution in [-0.2, 0) is 25.7 Å². The minimum atomic E-state index is 0.576. The lowest BCUT2D eigenvalue weighted by Gasteiger charge is -2.64. The van der Waals surface area contributed by atoms with Crippen LogP contribution in [0.1, 0.15) is 132 Å². The minimum Gasteiger partial charge on any atom is -0.0619 e. The second-order valence-corrected chi connectivity index (χ2v) is 12.9. The number of aryl methyl sites for hydroxylation is 4. The third-order valence-electron chi connectivity index (χ3n) is 11.6. The van der Waals surface area contributed by atoms with Gasteiger partial charge in [-0.1, -0.05) is 84.4 Å². The second-order valence-electron chi connectivity index (χ2n) is 12.9. The fourth-order valence-corrected chi connectivity index (χ4v) is 10.4. The number of rotatable bonds is 6. The van der Waals surface area contributed by atoms with Crippen molar-refractivity contribution in [1.82, 2.24) is 0 Å². The summed E-state index contributed by atoms with van der Waals surface area (Å²) in [4.78, 5) is 0. The first-order valence-electron chi connectivity index (χ1n) is 15.7. The van der Waals surface area contributed by atoms with E-state index in [0.29, 0.717) is 5.41 Å². The van der Waals surface area contributed by atoms with Gasteiger partial charge >= 0.3 is 0 Å². The van der Waals surface area contributed by atoms with Gasteiger partial charge in [-0.3, -0.25) is 0 Å². The number of hydrogen-bond acceptors (Lipinski definition) is 0. The fraction of sp³-hybridized carbons (Fsp3) is 0.667. The molecule has 0 nitrogen and oxygen atoms in total. The molecule has 0 heterocycles. The summed E-state index contributed by atoms with van der Waals surface area (Å²) in [5.41, 5.74) is 10.6. The SMILES string of the molecule is CCc1cccc(CC)c1[C@@H]1C[C@@H]2CCC[C@@H]3C[C@H](c4c(CC)cccc4CC)C[C@H](C)C32[C@H](C)C1. The van der Waals surface area contributed by atoms with Gasteiger partial charge in [-0.05, 0) is 139 Å². The van der Waals surface area contributed by atoms with Gasteiger partial charge in [0.05, 0.1) is 0 Å². The van der Waals surface area contributed by atoms with Crippen molar-refractivity contribution in [2.75, 3.05) is 0 Å². The molecule has 0 aliphatic heterocycles. The Labute approximate surface area is 222 Å². The van der Waals surface area contributed by atoms with E-state index >= 15 is 0 Å². The zero-order valence-corrected chi connectivity index (χ0v) is 24.2. The van der Waals surface area contributed by atoms with Gasteiger partial charge in [0.15, 0.2) is 0 Å². The first-order chi connectivity index (χ1) is 17.5. The molecule has 0 radical (unpaired) electrons. The molecule has 36 heavy (non-hydrogen) atoms. The van der Waals surface area contributed by atoms with Gasteiger partial charge in [-0.15, -0.1) is 0 Å². The highest BCUT2D eigenvalue weighted by atomic mass is 14.6. The number of benzene rings is 2. The maximum atomic E-state index is 2.69. The van der Waals surface area contributed by atoms with E-state index in [2.05, 4.69) is 77.9 Å². The van der Waals surface area contributed by atoms with E-state index in [1.807, 2.05) is 0 Å². The van der Waals surface area contributed by atoms with Crippen molar-refractivity contribution < 1.29 is 0 Å². The van der Waals surface area contributed by atoms with Gasteiger partial charge in [-0.25, -0.2) is 0 Å². The van der Waals surface area contributed by atoms with Crippen LogP contribution < -0.4 is 0 Å². The molecule has 0 amide bonds. The first-order valence-corrected chi connectivity index (χ1v) is 15.7. The van der Waals surface area contributed by atoms with Crippen LogP contribution in [0.15, 0.2) is 36.4 Å². The Morgan fingerprint density at radius 2 is 0.944 bits per heavy atom. The van der Waals surface area contributed by atoms with E-state index in [4.69, 9.17) is 0 Å². The van der Waals surface area contributed by atoms with E-state index in [9.17, 15) is 0 Å². The van der Waals surface area contributed by atoms with E-state index in [1.165, 1.54) is 70.6 Å². The molecule has 3 aliphatic carbocycles. The average molecular weight is 485 g/mol. The van der Waals surface area contributed by atoms with Crippen LogP contribution in [0.3, 0.4) is 0 Å². The van der Waals surface area contributed by atoms with Crippen molar-refractivity contribution in [2.24, 2.45) is 29.1 Å². The van der Waals surface area contributed by atoms with Crippen molar-refractivity contribution in [3.63, 3.8) is 0 Å². The van der Waals surface area contributed by atoms with Crippen molar-refractivity contribution >= 4 is 0 Å². The van der Waals surface area contributed by atoms with E-state index in [0.717, 1.165) is 35.5 Å². The summed E-state index contributed by atoms with van der Waals surface area (Å²) < 4.78 is 0. The Balaban J connectivity index is 1.48. The lowest BCUT2D eigenvalue weighted by molar-refractivity contribution is -0.134. The molecule has 0 aromatic heterocycles. The minimum absolute atomic E-state index is 0.576. The Bertz CT molecular complexity index is 916. The average Bonchev–Trinajstić information content (AvgIpc) is 2.91. The van der Waals surface area contributed by atoms with Crippen LogP contribution in [0.25, 0.3) is 0 Å². The normalized spacial score (nSPS) is 34.2. The zero-order valence-electron chi connectivity index (χ0n) is 24.2. The van der Waals surface area contributed by atoms with Crippen molar-refractivity contribution in [2.45, 2.75) is 124 Å². The third-order valence-corrected chi connectivity index (χ3v) is 11.6. The van der Waals surface area contributed by atoms with Crippen LogP contribution in [-0.4, -0.2) is 0 Å². The van der Waals surface area contributed by atoms with Crippen LogP contribution in [0, 0.1) is 29.1 Å². The first kappa shape index (κ1) is 26.1. The Hall–Kier alpha value is -1.56. The van der Waals surface area contributed by atoms with Crippen LogP contribution in [0.2, 0.25) is 0 Å². The summed E-state index contributed by atoms with van der Waals surface area (Å²) in [6.07, 6.45) is 14.9. The molecule has 2 aromatic rings. The predicted molar refractivity (Wildman–Crippen MR) is 156 cm³/mol. The highest BCUT2D eigenvalue weighted by Crippen LogP contribution is 2.68. The molecule has 7 atom stereocenters. The maximum Gasteiger partial charge on any atom is -0.0151 e. The van der Waals surface area contributed by atoms with Crippen LogP contribution >= 0.6 is 0 Å². The third kappa shape index (κ3) is 4.10. The summed E-state index contributed by atoms with van der Waals surface area (Å²) >= 11 is 0. The molecule has 196 valence electrons. The standard InChI is InChI=1S/C36H52/c1-7-26-14-11-15-27(8-2)34(26)30-20-24(5)36-25(6)21-31(23-33(36)19-13-18-32(36)22-30)35-28(9-3)16-12-17-29(35)10-4/h11-12,14-17,24-25,30-33H,7-10,13,18-23H2,1-6H3/t24-,25+,30+,31-,32+,33-,36?. The molecule has 0 N–H and O–H groups in total. The number of hydrogen-bond donors (Lipinski definition) is 0. The highest BCUT2D eigenvalue weighted by Gasteiger charge is 2.59. The maximum absolute atomic E-state index is 2.69. The lowest BCUT2D eigenvalue weighted by Crippen LogP contribution is -2.56. The summed E-state index contributed by atoms with van der Waals surface area (Å²) in [5, 5.41) is 0. The lowest BCUT2D eigenvalue weighted by atomic mass is 9.40. The van der Waals surface area contributed by atoms with Gasteiger partial charge in [0.25, 0.3) is 0 Å². The topological polar surface area (TPSA) is 0 Å². The van der Waals surface area contributed by atoms with Crippen molar-refractivity contribution in [3.8, 4) is 0 Å². The molecule has 3 aliphatic rings. The monoisotopic (exact) mass is 484 g/mol. The molecular formula is C36H52. The molecule has 0 saturated heterocycles. The smallest absolute Gasteiger partial charge is 0.0151 e. The second kappa shape index (κ2) is 10.7. The van der Waals surface area contributed by atoms with E-state index in [1.54, 1.807) is 33.4 Å². The van der Waals surface area contributed by atoms with Gasteiger partial charge in [-0.2, -0.15) is 0 Å². The van der Waals surface area contributed by atoms with Gasteiger partial charge < -0.3 is 0 Å². The molecule has 1 unspecified atom stereocenters. The highest BCUT2D eigenvalue weighted by molar-refractivity contribution is 5.41. The molecule has 5 rings (SSSR count). The molecular weight excluding hydrogens is 432 g/mol. The Morgan fingerprint density at radius 3 is 1.28 bits per heavy atom. The Kier molecular flexibility index (Phi) is 7.72. The van der Waals surface area contributed by atoms with Gasteiger partial charge in [0.1, 0.15) is 0 Å². The van der Waals surface area contributed by atoms with E-state index < -0.39 is 0 Å². The molecule has 0 heteroatoms. The summed E-state index contributed by atoms with van der Waals surface area (Å²) in [6.45, 7) is 14.8. The van der Waals surface area contributed by atoms with Gasteiger partial charge in [0.2, 0.25) is 0 Å². The zero-order chi connectivity index (χ0) is 25.4. The molecule has 3 fully saturated rings. The summed E-state index contributed by atoms with van der Waals surface area (Å²) in [6, 6.07) is 14.3. The van der Waals surface area contributed by atoms with Crippen molar-refractivity contribution in [1.29, 1.82) is 0 Å². The predicted octanol–water partition coefficient (Wildman–Crippen LogP) is 10.1. The van der Waals surface area contributed by atoms with E-state index in [-0.39, 0.29) is 0 Å². The van der Waals surface area contributed by atoms with Crippen molar-refractivity contribution in [3.05, 3.63) is 69.8 Å². The Morgan fingerprint density at radius 1 is 0.583 bits per heavy atom. The van der Waals surface area contributed by atoms with Crippen LogP contribution in [0.4, 0.5) is 0 Å². The molecule has 2 aromatic carbocycles. The summed E-state index contributed by atoms with van der Waals surface area (Å²) in [5.74, 6) is 5.06. The molecule has 3 saturated carbocycles. The summed E-state index contributed by atoms with van der Waals surface area (Å²) in [7, 11) is 0. The molecule has 1 spiro atoms.